The summed E-state index contributed by atoms with van der Waals surface area (Å²) < 4.78 is 48.6. The third kappa shape index (κ3) is 3.45. The predicted octanol–water partition coefficient (Wildman–Crippen LogP) is 3.27. The summed E-state index contributed by atoms with van der Waals surface area (Å²) in [6.07, 6.45) is -4.29. The molecular formula is C12H15ClF3NO2. The number of rotatable bonds is 4. The molecule has 108 valence electrons. The fraction of sp³-hybridized carbons (Fsp3) is 0.500. The summed E-state index contributed by atoms with van der Waals surface area (Å²) in [5.74, 6) is -0.360. The van der Waals surface area contributed by atoms with Crippen molar-refractivity contribution in [3.8, 4) is 11.5 Å². The third-order valence-electron chi connectivity index (χ3n) is 2.51. The molecule has 0 fully saturated rings. The molecule has 7 heteroatoms. The molecule has 1 aromatic rings. The molecule has 0 aromatic heterocycles. The molecule has 0 radical (unpaired) electrons. The van der Waals surface area contributed by atoms with Gasteiger partial charge in [0, 0.05) is 11.6 Å². The highest BCUT2D eigenvalue weighted by atomic mass is 35.5. The minimum atomic E-state index is -4.62. The van der Waals surface area contributed by atoms with E-state index in [0.29, 0.717) is 12.0 Å². The van der Waals surface area contributed by atoms with Gasteiger partial charge in [-0.05, 0) is 19.4 Å². The van der Waals surface area contributed by atoms with Gasteiger partial charge in [-0.15, -0.1) is 0 Å². The van der Waals surface area contributed by atoms with Crippen LogP contribution in [-0.4, -0.2) is 20.3 Å². The number of methoxy groups -OCH3 is 2. The van der Waals surface area contributed by atoms with Crippen molar-refractivity contribution in [1.82, 2.24) is 0 Å². The predicted molar refractivity (Wildman–Crippen MR) is 66.9 cm³/mol. The second-order valence-corrected chi connectivity index (χ2v) is 4.52. The van der Waals surface area contributed by atoms with Crippen molar-refractivity contribution in [2.24, 2.45) is 5.73 Å². The number of alkyl halides is 3. The lowest BCUT2D eigenvalue weighted by Crippen LogP contribution is -2.19. The first-order valence-electron chi connectivity index (χ1n) is 5.48. The van der Waals surface area contributed by atoms with Gasteiger partial charge in [0.15, 0.2) is 0 Å². The van der Waals surface area contributed by atoms with Crippen LogP contribution < -0.4 is 15.2 Å². The molecule has 1 unspecified atom stereocenters. The molecule has 19 heavy (non-hydrogen) atoms. The molecule has 0 aliphatic carbocycles. The quantitative estimate of drug-likeness (QED) is 0.927. The molecule has 0 bridgehead atoms. The van der Waals surface area contributed by atoms with Crippen molar-refractivity contribution in [2.45, 2.75) is 25.6 Å². The van der Waals surface area contributed by atoms with E-state index in [1.165, 1.54) is 13.2 Å². The first-order chi connectivity index (χ1) is 8.72. The first kappa shape index (κ1) is 15.9. The third-order valence-corrected chi connectivity index (χ3v) is 2.87. The molecular weight excluding hydrogens is 283 g/mol. The molecule has 1 atom stereocenters. The summed E-state index contributed by atoms with van der Waals surface area (Å²) in [7, 11) is 2.42. The lowest BCUT2D eigenvalue weighted by molar-refractivity contribution is -0.138. The van der Waals surface area contributed by atoms with Gasteiger partial charge in [0.1, 0.15) is 17.1 Å². The largest absolute Gasteiger partial charge is 0.496 e. The van der Waals surface area contributed by atoms with Crippen LogP contribution in [0.4, 0.5) is 13.2 Å². The molecule has 0 amide bonds. The lowest BCUT2D eigenvalue weighted by Gasteiger charge is -2.19. The standard InChI is InChI=1S/C12H15ClF3NO2/c1-6(17)4-7-5-8(18-2)9(12(14,15)16)10(13)11(7)19-3/h5-6H,4,17H2,1-3H3. The molecule has 1 aromatic carbocycles. The van der Waals surface area contributed by atoms with Crippen LogP contribution in [0.25, 0.3) is 0 Å². The molecule has 0 aliphatic heterocycles. The lowest BCUT2D eigenvalue weighted by atomic mass is 10.0. The monoisotopic (exact) mass is 297 g/mol. The smallest absolute Gasteiger partial charge is 0.421 e. The van der Waals surface area contributed by atoms with Gasteiger partial charge in [-0.25, -0.2) is 0 Å². The van der Waals surface area contributed by atoms with Gasteiger partial charge in [0.05, 0.1) is 19.2 Å². The highest BCUT2D eigenvalue weighted by molar-refractivity contribution is 6.33. The summed E-state index contributed by atoms with van der Waals surface area (Å²) in [6, 6.07) is 1.02. The summed E-state index contributed by atoms with van der Waals surface area (Å²) >= 11 is 5.80. The normalized spacial score (nSPS) is 13.3. The van der Waals surface area contributed by atoms with Gasteiger partial charge in [-0.1, -0.05) is 11.6 Å². The maximum absolute atomic E-state index is 13.0. The van der Waals surface area contributed by atoms with Crippen molar-refractivity contribution in [3.05, 3.63) is 22.2 Å². The van der Waals surface area contributed by atoms with E-state index >= 15 is 0 Å². The zero-order valence-electron chi connectivity index (χ0n) is 10.8. The maximum Gasteiger partial charge on any atom is 0.421 e. The molecule has 2 N–H and O–H groups in total. The Labute approximate surface area is 114 Å². The average Bonchev–Trinajstić information content (AvgIpc) is 2.25. The zero-order chi connectivity index (χ0) is 14.8. The topological polar surface area (TPSA) is 44.5 Å². The van der Waals surface area contributed by atoms with Crippen LogP contribution in [0.5, 0.6) is 11.5 Å². The van der Waals surface area contributed by atoms with Gasteiger partial charge in [-0.3, -0.25) is 0 Å². The maximum atomic E-state index is 13.0. The van der Waals surface area contributed by atoms with Crippen LogP contribution in [0.2, 0.25) is 5.02 Å². The van der Waals surface area contributed by atoms with Crippen LogP contribution in [0.1, 0.15) is 18.1 Å². The highest BCUT2D eigenvalue weighted by Gasteiger charge is 2.39. The number of halogens is 4. The van der Waals surface area contributed by atoms with E-state index in [1.54, 1.807) is 6.92 Å². The van der Waals surface area contributed by atoms with Crippen LogP contribution in [-0.2, 0) is 12.6 Å². The summed E-state index contributed by atoms with van der Waals surface area (Å²) in [6.45, 7) is 1.73. The zero-order valence-corrected chi connectivity index (χ0v) is 11.5. The fourth-order valence-corrected chi connectivity index (χ4v) is 2.20. The fourth-order valence-electron chi connectivity index (χ4n) is 1.80. The Hall–Kier alpha value is -1.14. The summed E-state index contributed by atoms with van der Waals surface area (Å²) in [4.78, 5) is 0. The van der Waals surface area contributed by atoms with Gasteiger partial charge in [0.2, 0.25) is 0 Å². The van der Waals surface area contributed by atoms with Crippen LogP contribution in [0, 0.1) is 0 Å². The van der Waals surface area contributed by atoms with Crippen LogP contribution in [0.3, 0.4) is 0 Å². The van der Waals surface area contributed by atoms with Crippen molar-refractivity contribution >= 4 is 11.6 Å². The summed E-state index contributed by atoms with van der Waals surface area (Å²) in [5.41, 5.74) is 5.09. The van der Waals surface area contributed by atoms with Crippen molar-refractivity contribution in [2.75, 3.05) is 14.2 Å². The van der Waals surface area contributed by atoms with Crippen molar-refractivity contribution < 1.29 is 22.6 Å². The number of ether oxygens (including phenoxy) is 2. The van der Waals surface area contributed by atoms with E-state index in [-0.39, 0.29) is 17.5 Å². The Morgan fingerprint density at radius 3 is 2.26 bits per heavy atom. The number of benzene rings is 1. The molecule has 0 saturated heterocycles. The van der Waals surface area contributed by atoms with Gasteiger partial charge in [0.25, 0.3) is 0 Å². The van der Waals surface area contributed by atoms with E-state index in [2.05, 4.69) is 0 Å². The Kier molecular flexibility index (Phi) is 4.92. The molecule has 0 spiro atoms. The molecule has 0 aliphatic rings. The van der Waals surface area contributed by atoms with Crippen LogP contribution in [0.15, 0.2) is 6.07 Å². The Morgan fingerprint density at radius 2 is 1.89 bits per heavy atom. The second-order valence-electron chi connectivity index (χ2n) is 4.14. The second kappa shape index (κ2) is 5.88. The number of hydrogen-bond acceptors (Lipinski definition) is 3. The van der Waals surface area contributed by atoms with Crippen molar-refractivity contribution in [1.29, 1.82) is 0 Å². The van der Waals surface area contributed by atoms with Crippen molar-refractivity contribution in [3.63, 3.8) is 0 Å². The molecule has 1 rings (SSSR count). The minimum absolute atomic E-state index is 0.0212. The average molecular weight is 298 g/mol. The van der Waals surface area contributed by atoms with E-state index < -0.39 is 16.8 Å². The number of nitrogens with two attached hydrogens (primary N) is 1. The number of hydrogen-bond donors (Lipinski definition) is 1. The Bertz CT molecular complexity index is 461. The van der Waals surface area contributed by atoms with Crippen LogP contribution >= 0.6 is 11.6 Å². The van der Waals surface area contributed by atoms with Gasteiger partial charge >= 0.3 is 6.18 Å². The summed E-state index contributed by atoms with van der Waals surface area (Å²) in [5, 5.41) is -0.509. The van der Waals surface area contributed by atoms with E-state index in [9.17, 15) is 13.2 Å². The SMILES string of the molecule is COc1cc(CC(C)N)c(OC)c(Cl)c1C(F)(F)F. The Morgan fingerprint density at radius 1 is 1.32 bits per heavy atom. The van der Waals surface area contributed by atoms with E-state index in [0.717, 1.165) is 7.11 Å². The highest BCUT2D eigenvalue weighted by Crippen LogP contribution is 2.46. The molecule has 3 nitrogen and oxygen atoms in total. The molecule has 0 saturated carbocycles. The van der Waals surface area contributed by atoms with Gasteiger partial charge < -0.3 is 15.2 Å². The van der Waals surface area contributed by atoms with E-state index in [1.807, 2.05) is 0 Å². The van der Waals surface area contributed by atoms with E-state index in [4.69, 9.17) is 26.8 Å². The molecule has 0 heterocycles. The van der Waals surface area contributed by atoms with Gasteiger partial charge in [-0.2, -0.15) is 13.2 Å². The Balaban J connectivity index is 3.52. The minimum Gasteiger partial charge on any atom is -0.496 e. The first-order valence-corrected chi connectivity index (χ1v) is 5.86.